The highest BCUT2D eigenvalue weighted by Gasteiger charge is 2.24. The van der Waals surface area contributed by atoms with Crippen molar-refractivity contribution in [1.29, 1.82) is 0 Å². The highest BCUT2D eigenvalue weighted by molar-refractivity contribution is 5.91. The topological polar surface area (TPSA) is 26.2 Å². The summed E-state index contributed by atoms with van der Waals surface area (Å²) < 4.78 is 7.76. The molecule has 2 aromatic rings. The number of hydrogen-bond acceptors (Lipinski definition) is 2. The number of nitrogens with one attached hydrogen (secondary N) is 1. The van der Waals surface area contributed by atoms with Gasteiger partial charge in [0.1, 0.15) is 0 Å². The molecular weight excluding hydrogens is 212 g/mol. The Hall–Kier alpha value is -1.48. The summed E-state index contributed by atoms with van der Waals surface area (Å²) in [4.78, 5) is 0. The molecule has 1 aromatic carbocycles. The molecule has 3 rings (SSSR count). The van der Waals surface area contributed by atoms with Crippen molar-refractivity contribution < 1.29 is 4.74 Å². The lowest BCUT2D eigenvalue weighted by Crippen LogP contribution is -2.26. The first-order valence-electron chi connectivity index (χ1n) is 6.18. The van der Waals surface area contributed by atoms with Gasteiger partial charge in [-0.05, 0) is 25.5 Å². The Bertz CT molecular complexity index is 532. The van der Waals surface area contributed by atoms with E-state index in [9.17, 15) is 0 Å². The molecule has 0 radical (unpaired) electrons. The third-order valence-corrected chi connectivity index (χ3v) is 3.61. The zero-order valence-electron chi connectivity index (χ0n) is 10.3. The van der Waals surface area contributed by atoms with Crippen LogP contribution in [0.1, 0.15) is 13.3 Å². The van der Waals surface area contributed by atoms with Gasteiger partial charge in [-0.15, -0.1) is 0 Å². The number of nitrogens with zero attached hydrogens (tertiary/aromatic N) is 1. The van der Waals surface area contributed by atoms with Crippen molar-refractivity contribution in [1.82, 2.24) is 4.57 Å². The first kappa shape index (κ1) is 10.7. The van der Waals surface area contributed by atoms with Gasteiger partial charge in [-0.2, -0.15) is 0 Å². The van der Waals surface area contributed by atoms with Crippen molar-refractivity contribution in [2.24, 2.45) is 7.05 Å². The summed E-state index contributed by atoms with van der Waals surface area (Å²) in [6.45, 7) is 3.00. The highest BCUT2D eigenvalue weighted by atomic mass is 16.5. The fraction of sp³-hybridized carbons (Fsp3) is 0.429. The van der Waals surface area contributed by atoms with Crippen molar-refractivity contribution in [3.05, 3.63) is 30.5 Å². The number of rotatable bonds is 2. The zero-order valence-corrected chi connectivity index (χ0v) is 10.3. The van der Waals surface area contributed by atoms with Crippen LogP contribution < -0.4 is 5.32 Å². The Kier molecular flexibility index (Phi) is 2.56. The third kappa shape index (κ3) is 1.80. The van der Waals surface area contributed by atoms with E-state index in [4.69, 9.17) is 4.74 Å². The van der Waals surface area contributed by atoms with Crippen LogP contribution in [0.25, 0.3) is 10.9 Å². The van der Waals surface area contributed by atoms with Crippen molar-refractivity contribution in [3.63, 3.8) is 0 Å². The maximum absolute atomic E-state index is 5.59. The van der Waals surface area contributed by atoms with Crippen LogP contribution in [-0.2, 0) is 11.8 Å². The first-order chi connectivity index (χ1) is 8.25. The van der Waals surface area contributed by atoms with E-state index in [1.54, 1.807) is 0 Å². The first-order valence-corrected chi connectivity index (χ1v) is 6.18. The van der Waals surface area contributed by atoms with Crippen LogP contribution in [0, 0.1) is 0 Å². The molecule has 3 nitrogen and oxygen atoms in total. The van der Waals surface area contributed by atoms with E-state index >= 15 is 0 Å². The van der Waals surface area contributed by atoms with Gasteiger partial charge in [-0.1, -0.05) is 12.1 Å². The SMILES string of the molecule is CC1OCCC1Nc1cccc2ccn(C)c12. The Balaban J connectivity index is 1.97. The molecule has 2 atom stereocenters. The van der Waals surface area contributed by atoms with Gasteiger partial charge < -0.3 is 14.6 Å². The normalized spacial score (nSPS) is 24.4. The van der Waals surface area contributed by atoms with Gasteiger partial charge in [0.25, 0.3) is 0 Å². The minimum atomic E-state index is 0.297. The average Bonchev–Trinajstić information content (AvgIpc) is 2.88. The van der Waals surface area contributed by atoms with Gasteiger partial charge in [-0.25, -0.2) is 0 Å². The van der Waals surface area contributed by atoms with E-state index in [2.05, 4.69) is 54.3 Å². The van der Waals surface area contributed by atoms with Crippen LogP contribution in [0.5, 0.6) is 0 Å². The number of hydrogen-bond donors (Lipinski definition) is 1. The number of anilines is 1. The summed E-state index contributed by atoms with van der Waals surface area (Å²) in [6, 6.07) is 8.97. The summed E-state index contributed by atoms with van der Waals surface area (Å²) in [5.41, 5.74) is 2.48. The summed E-state index contributed by atoms with van der Waals surface area (Å²) in [6.07, 6.45) is 3.48. The van der Waals surface area contributed by atoms with Gasteiger partial charge in [0.15, 0.2) is 0 Å². The maximum Gasteiger partial charge on any atom is 0.0748 e. The monoisotopic (exact) mass is 230 g/mol. The van der Waals surface area contributed by atoms with Crippen LogP contribution in [0.3, 0.4) is 0 Å². The third-order valence-electron chi connectivity index (χ3n) is 3.61. The summed E-state index contributed by atoms with van der Waals surface area (Å²) in [7, 11) is 2.09. The predicted octanol–water partition coefficient (Wildman–Crippen LogP) is 2.77. The van der Waals surface area contributed by atoms with Crippen molar-refractivity contribution in [2.75, 3.05) is 11.9 Å². The second kappa shape index (κ2) is 4.08. The molecule has 0 saturated carbocycles. The molecular formula is C14H18N2O. The minimum absolute atomic E-state index is 0.297. The van der Waals surface area contributed by atoms with Gasteiger partial charge >= 0.3 is 0 Å². The lowest BCUT2D eigenvalue weighted by molar-refractivity contribution is 0.121. The Morgan fingerprint density at radius 3 is 3.00 bits per heavy atom. The highest BCUT2D eigenvalue weighted by Crippen LogP contribution is 2.26. The van der Waals surface area contributed by atoms with Crippen LogP contribution in [-0.4, -0.2) is 23.3 Å². The quantitative estimate of drug-likeness (QED) is 0.858. The van der Waals surface area contributed by atoms with Crippen molar-refractivity contribution >= 4 is 16.6 Å². The molecule has 3 heteroatoms. The summed E-state index contributed by atoms with van der Waals surface area (Å²) in [5, 5.41) is 4.90. The molecule has 17 heavy (non-hydrogen) atoms. The standard InChI is InChI=1S/C14H18N2O/c1-10-12(7-9-17-10)15-13-5-3-4-11-6-8-16(2)14(11)13/h3-6,8,10,12,15H,7,9H2,1-2H3. The Morgan fingerprint density at radius 2 is 2.24 bits per heavy atom. The van der Waals surface area contributed by atoms with Crippen LogP contribution in [0.15, 0.2) is 30.5 Å². The number of ether oxygens (including phenoxy) is 1. The number of aromatic nitrogens is 1. The van der Waals surface area contributed by atoms with Crippen LogP contribution >= 0.6 is 0 Å². The molecule has 0 spiro atoms. The largest absolute Gasteiger partial charge is 0.378 e. The molecule has 1 aliphatic rings. The molecule has 0 bridgehead atoms. The van der Waals surface area contributed by atoms with E-state index in [1.807, 2.05) is 0 Å². The van der Waals surface area contributed by atoms with Crippen molar-refractivity contribution in [3.8, 4) is 0 Å². The van der Waals surface area contributed by atoms with E-state index in [-0.39, 0.29) is 0 Å². The molecule has 1 saturated heterocycles. The molecule has 90 valence electrons. The van der Waals surface area contributed by atoms with Gasteiger partial charge in [0.05, 0.1) is 23.3 Å². The molecule has 0 aliphatic carbocycles. The molecule has 1 N–H and O–H groups in total. The van der Waals surface area contributed by atoms with E-state index in [1.165, 1.54) is 16.6 Å². The molecule has 1 fully saturated rings. The molecule has 2 heterocycles. The van der Waals surface area contributed by atoms with Gasteiger partial charge in [0.2, 0.25) is 0 Å². The van der Waals surface area contributed by atoms with Gasteiger partial charge in [0, 0.05) is 25.2 Å². The average molecular weight is 230 g/mol. The fourth-order valence-corrected chi connectivity index (χ4v) is 2.59. The minimum Gasteiger partial charge on any atom is -0.378 e. The zero-order chi connectivity index (χ0) is 11.8. The Morgan fingerprint density at radius 1 is 1.35 bits per heavy atom. The summed E-state index contributed by atoms with van der Waals surface area (Å²) >= 11 is 0. The fourth-order valence-electron chi connectivity index (χ4n) is 2.59. The smallest absolute Gasteiger partial charge is 0.0748 e. The molecule has 2 unspecified atom stereocenters. The van der Waals surface area contributed by atoms with E-state index in [0.29, 0.717) is 12.1 Å². The Labute approximate surface area is 101 Å². The van der Waals surface area contributed by atoms with Gasteiger partial charge in [-0.3, -0.25) is 0 Å². The van der Waals surface area contributed by atoms with Crippen LogP contribution in [0.4, 0.5) is 5.69 Å². The van der Waals surface area contributed by atoms with Crippen molar-refractivity contribution in [2.45, 2.75) is 25.5 Å². The molecule has 0 amide bonds. The van der Waals surface area contributed by atoms with E-state index < -0.39 is 0 Å². The van der Waals surface area contributed by atoms with Crippen LogP contribution in [0.2, 0.25) is 0 Å². The molecule has 1 aliphatic heterocycles. The number of fused-ring (bicyclic) bond motifs is 1. The summed E-state index contributed by atoms with van der Waals surface area (Å²) in [5.74, 6) is 0. The second-order valence-corrected chi connectivity index (χ2v) is 4.79. The molecule has 1 aromatic heterocycles. The predicted molar refractivity (Wildman–Crippen MR) is 70.4 cm³/mol. The number of aryl methyl sites for hydroxylation is 1. The lowest BCUT2D eigenvalue weighted by atomic mass is 10.1. The lowest BCUT2D eigenvalue weighted by Gasteiger charge is -2.18. The maximum atomic E-state index is 5.59. The number of para-hydroxylation sites is 1. The van der Waals surface area contributed by atoms with E-state index in [0.717, 1.165) is 13.0 Å². The number of benzene rings is 1. The second-order valence-electron chi connectivity index (χ2n) is 4.79.